The zero-order valence-electron chi connectivity index (χ0n) is 5.60. The summed E-state index contributed by atoms with van der Waals surface area (Å²) in [6.07, 6.45) is -0.221. The van der Waals surface area contributed by atoms with Crippen molar-refractivity contribution in [2.45, 2.75) is 12.5 Å². The fourth-order valence-corrected chi connectivity index (χ4v) is 1.89. The van der Waals surface area contributed by atoms with Crippen molar-refractivity contribution in [1.29, 1.82) is 0 Å². The summed E-state index contributed by atoms with van der Waals surface area (Å²) in [6, 6.07) is -0.422. The Balaban J connectivity index is 3.61. The summed E-state index contributed by atoms with van der Waals surface area (Å²) in [5.41, 5.74) is 0. The van der Waals surface area contributed by atoms with E-state index in [1.165, 1.54) is 0 Å². The van der Waals surface area contributed by atoms with Gasteiger partial charge in [-0.1, -0.05) is 0 Å². The van der Waals surface area contributed by atoms with Gasteiger partial charge in [-0.15, -0.1) is 0 Å². The smallest absolute Gasteiger partial charge is 0.492 e. The van der Waals surface area contributed by atoms with Crippen molar-refractivity contribution in [2.24, 2.45) is 0 Å². The third-order valence-electron chi connectivity index (χ3n) is 0.907. The molecule has 0 amide bonds. The summed E-state index contributed by atoms with van der Waals surface area (Å²) < 4.78 is 29.8. The molecule has 0 aliphatic carbocycles. The Labute approximate surface area is 65.2 Å². The SMILES string of the molecule is O=S(=O)([O-])CCC[Si](O)(O)O. The average Bonchev–Trinajstić information content (AvgIpc) is 1.55. The van der Waals surface area contributed by atoms with E-state index in [0.717, 1.165) is 0 Å². The standard InChI is InChI=1S/C3H10O6SSi/c4-10(5,6)2-1-3-11(7,8)9/h7-9H,1-3H2,(H,4,5,6)/p-1. The van der Waals surface area contributed by atoms with Gasteiger partial charge in [-0.3, -0.25) is 0 Å². The normalized spacial score (nSPS) is 13.5. The molecule has 0 bridgehead atoms. The molecule has 3 N–H and O–H groups in total. The third kappa shape index (κ3) is 10.0. The van der Waals surface area contributed by atoms with Crippen molar-refractivity contribution in [2.75, 3.05) is 5.75 Å². The van der Waals surface area contributed by atoms with E-state index in [9.17, 15) is 13.0 Å². The summed E-state index contributed by atoms with van der Waals surface area (Å²) in [5, 5.41) is 0. The molecule has 0 spiro atoms. The van der Waals surface area contributed by atoms with Crippen LogP contribution < -0.4 is 0 Å². The van der Waals surface area contributed by atoms with E-state index in [2.05, 4.69) is 0 Å². The Morgan fingerprint density at radius 3 is 2.00 bits per heavy atom. The van der Waals surface area contributed by atoms with Crippen LogP contribution in [0.25, 0.3) is 0 Å². The van der Waals surface area contributed by atoms with E-state index in [4.69, 9.17) is 14.4 Å². The number of hydrogen-bond donors (Lipinski definition) is 3. The summed E-state index contributed by atoms with van der Waals surface area (Å²) in [7, 11) is -8.47. The van der Waals surface area contributed by atoms with Crippen molar-refractivity contribution < 1.29 is 27.4 Å². The van der Waals surface area contributed by atoms with Crippen molar-refractivity contribution >= 4 is 18.9 Å². The molecule has 0 saturated heterocycles. The summed E-state index contributed by atoms with van der Waals surface area (Å²) in [6.45, 7) is 0. The maximum atomic E-state index is 9.93. The third-order valence-corrected chi connectivity index (χ3v) is 2.72. The molecule has 0 unspecified atom stereocenters. The Hall–Kier alpha value is 0.00688. The molecule has 0 aromatic rings. The number of rotatable bonds is 4. The van der Waals surface area contributed by atoms with Gasteiger partial charge >= 0.3 is 8.80 Å². The maximum Gasteiger partial charge on any atom is 0.492 e. The van der Waals surface area contributed by atoms with Crippen molar-refractivity contribution in [1.82, 2.24) is 0 Å². The molecule has 11 heavy (non-hydrogen) atoms. The molecule has 0 rings (SSSR count). The van der Waals surface area contributed by atoms with Crippen LogP contribution in [0.2, 0.25) is 6.04 Å². The first kappa shape index (κ1) is 11.0. The molecule has 0 heterocycles. The zero-order valence-corrected chi connectivity index (χ0v) is 7.41. The van der Waals surface area contributed by atoms with Gasteiger partial charge in [-0.05, 0) is 6.42 Å². The Morgan fingerprint density at radius 2 is 1.73 bits per heavy atom. The van der Waals surface area contributed by atoms with E-state index < -0.39 is 30.7 Å². The second-order valence-corrected chi connectivity index (χ2v) is 5.71. The lowest BCUT2D eigenvalue weighted by Crippen LogP contribution is -2.34. The molecule has 0 aromatic heterocycles. The van der Waals surface area contributed by atoms with Crippen molar-refractivity contribution in [3.63, 3.8) is 0 Å². The van der Waals surface area contributed by atoms with Gasteiger partial charge < -0.3 is 18.9 Å². The molecule has 8 heteroatoms. The molecule has 6 nitrogen and oxygen atoms in total. The van der Waals surface area contributed by atoms with Gasteiger partial charge in [-0.2, -0.15) is 0 Å². The fraction of sp³-hybridized carbons (Fsp3) is 1.00. The van der Waals surface area contributed by atoms with Crippen LogP contribution in [0.15, 0.2) is 0 Å². The summed E-state index contributed by atoms with van der Waals surface area (Å²) in [5.74, 6) is -0.677. The predicted octanol–water partition coefficient (Wildman–Crippen LogP) is -2.16. The molecular formula is C3H9O6SSi-. The van der Waals surface area contributed by atoms with Crippen LogP contribution in [0.1, 0.15) is 6.42 Å². The lowest BCUT2D eigenvalue weighted by Gasteiger charge is -2.09. The van der Waals surface area contributed by atoms with Crippen LogP contribution in [0, 0.1) is 0 Å². The molecule has 0 aromatic carbocycles. The highest BCUT2D eigenvalue weighted by Crippen LogP contribution is 2.02. The Kier molecular flexibility index (Phi) is 3.61. The van der Waals surface area contributed by atoms with Crippen LogP contribution in [0.3, 0.4) is 0 Å². The minimum absolute atomic E-state index is 0.221. The van der Waals surface area contributed by atoms with Gasteiger partial charge in [0.15, 0.2) is 0 Å². The lowest BCUT2D eigenvalue weighted by molar-refractivity contribution is 0.227. The molecular weight excluding hydrogens is 192 g/mol. The highest BCUT2D eigenvalue weighted by molar-refractivity contribution is 7.85. The second-order valence-electron chi connectivity index (χ2n) is 2.14. The Bertz CT molecular complexity index is 202. The van der Waals surface area contributed by atoms with Gasteiger partial charge in [0.2, 0.25) is 0 Å². The minimum atomic E-state index is -4.31. The summed E-state index contributed by atoms with van der Waals surface area (Å²) >= 11 is 0. The predicted molar refractivity (Wildman–Crippen MR) is 36.4 cm³/mol. The first-order valence-corrected chi connectivity index (χ1v) is 6.44. The fourth-order valence-electron chi connectivity index (χ4n) is 0.486. The lowest BCUT2D eigenvalue weighted by atomic mass is 10.6. The van der Waals surface area contributed by atoms with Crippen LogP contribution in [-0.2, 0) is 10.1 Å². The van der Waals surface area contributed by atoms with E-state index in [1.807, 2.05) is 0 Å². The zero-order chi connectivity index (χ0) is 9.12. The molecule has 0 fully saturated rings. The summed E-state index contributed by atoms with van der Waals surface area (Å²) in [4.78, 5) is 25.1. The maximum absolute atomic E-state index is 9.93. The van der Waals surface area contributed by atoms with Gasteiger partial charge in [0.25, 0.3) is 0 Å². The van der Waals surface area contributed by atoms with Gasteiger partial charge in [0.1, 0.15) is 0 Å². The first-order valence-electron chi connectivity index (χ1n) is 2.81. The Morgan fingerprint density at radius 1 is 1.27 bits per heavy atom. The quantitative estimate of drug-likeness (QED) is 0.352. The molecule has 68 valence electrons. The van der Waals surface area contributed by atoms with Crippen LogP contribution >= 0.6 is 0 Å². The van der Waals surface area contributed by atoms with E-state index in [0.29, 0.717) is 0 Å². The molecule has 0 aliphatic heterocycles. The highest BCUT2D eigenvalue weighted by Gasteiger charge is 2.25. The average molecular weight is 201 g/mol. The van der Waals surface area contributed by atoms with Crippen molar-refractivity contribution in [3.8, 4) is 0 Å². The van der Waals surface area contributed by atoms with E-state index in [-0.39, 0.29) is 6.42 Å². The van der Waals surface area contributed by atoms with E-state index >= 15 is 0 Å². The van der Waals surface area contributed by atoms with Crippen LogP contribution in [-0.4, -0.2) is 41.9 Å². The molecule has 0 atom stereocenters. The second kappa shape index (κ2) is 3.60. The highest BCUT2D eigenvalue weighted by atomic mass is 32.2. The van der Waals surface area contributed by atoms with Crippen molar-refractivity contribution in [3.05, 3.63) is 0 Å². The topological polar surface area (TPSA) is 118 Å². The monoisotopic (exact) mass is 201 g/mol. The van der Waals surface area contributed by atoms with E-state index in [1.54, 1.807) is 0 Å². The van der Waals surface area contributed by atoms with Gasteiger partial charge in [0.05, 0.1) is 10.1 Å². The largest absolute Gasteiger partial charge is 0.748 e. The van der Waals surface area contributed by atoms with Gasteiger partial charge in [0, 0.05) is 11.8 Å². The van der Waals surface area contributed by atoms with Crippen LogP contribution in [0.5, 0.6) is 0 Å². The van der Waals surface area contributed by atoms with Gasteiger partial charge in [-0.25, -0.2) is 8.42 Å². The van der Waals surface area contributed by atoms with Crippen LogP contribution in [0.4, 0.5) is 0 Å². The minimum Gasteiger partial charge on any atom is -0.748 e. The first-order chi connectivity index (χ1) is 4.71. The number of hydrogen-bond acceptors (Lipinski definition) is 6. The molecule has 0 radical (unpaired) electrons. The molecule has 0 aliphatic rings. The molecule has 0 saturated carbocycles.